The summed E-state index contributed by atoms with van der Waals surface area (Å²) in [6.07, 6.45) is 8.91. The standard InChI is InChI=1S/C19H13ClN4O/c20-16-5-1-2-6-17(16)23-11-9-18-22-15(12-19(25)24(18)23)8-7-14-4-3-10-21-13-14/h1-13H/b8-7+. The summed E-state index contributed by atoms with van der Waals surface area (Å²) < 4.78 is 3.18. The number of nitrogens with zero attached hydrogens (tertiary/aromatic N) is 4. The van der Waals surface area contributed by atoms with Crippen LogP contribution in [0.15, 0.2) is 71.9 Å². The average Bonchev–Trinajstić information content (AvgIpc) is 3.06. The number of hydrogen-bond donors (Lipinski definition) is 0. The number of fused-ring (bicyclic) bond motifs is 1. The van der Waals surface area contributed by atoms with Crippen LogP contribution in [-0.2, 0) is 0 Å². The van der Waals surface area contributed by atoms with E-state index in [4.69, 9.17) is 11.6 Å². The highest BCUT2D eigenvalue weighted by molar-refractivity contribution is 6.32. The molecule has 0 aliphatic rings. The van der Waals surface area contributed by atoms with Gasteiger partial charge in [0.25, 0.3) is 5.56 Å². The maximum absolute atomic E-state index is 12.6. The van der Waals surface area contributed by atoms with Gasteiger partial charge in [0.2, 0.25) is 0 Å². The highest BCUT2D eigenvalue weighted by Gasteiger charge is 2.09. The lowest BCUT2D eigenvalue weighted by atomic mass is 10.2. The van der Waals surface area contributed by atoms with Gasteiger partial charge >= 0.3 is 0 Å². The average molecular weight is 349 g/mol. The van der Waals surface area contributed by atoms with E-state index in [0.29, 0.717) is 16.4 Å². The summed E-state index contributed by atoms with van der Waals surface area (Å²) in [5.74, 6) is 0. The first-order chi connectivity index (χ1) is 12.2. The largest absolute Gasteiger partial charge is 0.273 e. The van der Waals surface area contributed by atoms with E-state index in [2.05, 4.69) is 9.97 Å². The molecule has 0 bridgehead atoms. The van der Waals surface area contributed by atoms with E-state index in [0.717, 1.165) is 11.3 Å². The normalized spacial score (nSPS) is 11.4. The third kappa shape index (κ3) is 2.97. The van der Waals surface area contributed by atoms with Crippen molar-refractivity contribution in [2.24, 2.45) is 0 Å². The molecule has 6 heteroatoms. The van der Waals surface area contributed by atoms with Crippen LogP contribution >= 0.6 is 11.6 Å². The van der Waals surface area contributed by atoms with Crippen LogP contribution in [0.3, 0.4) is 0 Å². The molecule has 0 atom stereocenters. The van der Waals surface area contributed by atoms with E-state index in [1.54, 1.807) is 41.5 Å². The van der Waals surface area contributed by atoms with E-state index < -0.39 is 0 Å². The first-order valence-electron chi connectivity index (χ1n) is 7.67. The minimum atomic E-state index is -0.180. The van der Waals surface area contributed by atoms with E-state index in [-0.39, 0.29) is 5.56 Å². The van der Waals surface area contributed by atoms with E-state index in [1.807, 2.05) is 36.4 Å². The first kappa shape index (κ1) is 15.4. The third-order valence-electron chi connectivity index (χ3n) is 3.75. The van der Waals surface area contributed by atoms with Crippen LogP contribution in [0, 0.1) is 0 Å². The summed E-state index contributed by atoms with van der Waals surface area (Å²) >= 11 is 6.24. The smallest absolute Gasteiger partial charge is 0.267 e. The second-order valence-corrected chi connectivity index (χ2v) is 5.83. The molecule has 25 heavy (non-hydrogen) atoms. The van der Waals surface area contributed by atoms with Gasteiger partial charge in [-0.15, -0.1) is 0 Å². The lowest BCUT2D eigenvalue weighted by molar-refractivity contribution is 0.763. The molecular weight excluding hydrogens is 336 g/mol. The molecular formula is C19H13ClN4O. The van der Waals surface area contributed by atoms with Crippen LogP contribution in [0.4, 0.5) is 0 Å². The Morgan fingerprint density at radius 3 is 2.72 bits per heavy atom. The van der Waals surface area contributed by atoms with Crippen LogP contribution in [0.5, 0.6) is 0 Å². The van der Waals surface area contributed by atoms with Gasteiger partial charge in [0.15, 0.2) is 5.65 Å². The second-order valence-electron chi connectivity index (χ2n) is 5.42. The van der Waals surface area contributed by atoms with Crippen LogP contribution in [-0.4, -0.2) is 19.2 Å². The Balaban J connectivity index is 1.79. The Labute approximate surface area is 148 Å². The summed E-state index contributed by atoms with van der Waals surface area (Å²) in [6.45, 7) is 0. The SMILES string of the molecule is O=c1cc(/C=C/c2cccnc2)nc2ccn(-c3ccccc3Cl)n12. The molecule has 4 aromatic rings. The van der Waals surface area contributed by atoms with Crippen molar-refractivity contribution in [1.82, 2.24) is 19.2 Å². The molecule has 0 fully saturated rings. The first-order valence-corrected chi connectivity index (χ1v) is 8.05. The van der Waals surface area contributed by atoms with Gasteiger partial charge in [-0.1, -0.05) is 35.9 Å². The predicted octanol–water partition coefficient (Wildman–Crippen LogP) is 3.70. The topological polar surface area (TPSA) is 52.2 Å². The lowest BCUT2D eigenvalue weighted by Crippen LogP contribution is -2.20. The van der Waals surface area contributed by atoms with Gasteiger partial charge in [-0.05, 0) is 29.8 Å². The summed E-state index contributed by atoms with van der Waals surface area (Å²) in [5, 5.41) is 0.562. The van der Waals surface area contributed by atoms with Crippen molar-refractivity contribution < 1.29 is 0 Å². The molecule has 0 N–H and O–H groups in total. The Kier molecular flexibility index (Phi) is 3.91. The maximum atomic E-state index is 12.6. The summed E-state index contributed by atoms with van der Waals surface area (Å²) in [6, 6.07) is 14.4. The van der Waals surface area contributed by atoms with Gasteiger partial charge in [-0.25, -0.2) is 4.98 Å². The molecule has 0 radical (unpaired) electrons. The number of pyridine rings is 1. The Morgan fingerprint density at radius 2 is 1.92 bits per heavy atom. The van der Waals surface area contributed by atoms with E-state index in [9.17, 15) is 4.79 Å². The number of para-hydroxylation sites is 1. The Hall–Kier alpha value is -3.18. The second kappa shape index (κ2) is 6.37. The van der Waals surface area contributed by atoms with Gasteiger partial charge in [0.1, 0.15) is 0 Å². The number of hydrogen-bond acceptors (Lipinski definition) is 3. The highest BCUT2D eigenvalue weighted by atomic mass is 35.5. The van der Waals surface area contributed by atoms with Crippen molar-refractivity contribution in [1.29, 1.82) is 0 Å². The molecule has 0 aliphatic carbocycles. The summed E-state index contributed by atoms with van der Waals surface area (Å²) in [7, 11) is 0. The molecule has 0 saturated carbocycles. The molecule has 0 aliphatic heterocycles. The van der Waals surface area contributed by atoms with Crippen LogP contribution in [0.2, 0.25) is 5.02 Å². The quantitative estimate of drug-likeness (QED) is 0.567. The van der Waals surface area contributed by atoms with Gasteiger partial charge in [0.05, 0.1) is 16.4 Å². The molecule has 4 rings (SSSR count). The Morgan fingerprint density at radius 1 is 1.04 bits per heavy atom. The summed E-state index contributed by atoms with van der Waals surface area (Å²) in [5.41, 5.74) is 2.63. The van der Waals surface area contributed by atoms with E-state index >= 15 is 0 Å². The number of benzene rings is 1. The summed E-state index contributed by atoms with van der Waals surface area (Å²) in [4.78, 5) is 21.2. The fourth-order valence-electron chi connectivity index (χ4n) is 2.61. The number of rotatable bonds is 3. The monoisotopic (exact) mass is 348 g/mol. The molecule has 5 nitrogen and oxygen atoms in total. The number of halogens is 1. The third-order valence-corrected chi connectivity index (χ3v) is 4.07. The minimum Gasteiger partial charge on any atom is -0.267 e. The van der Waals surface area contributed by atoms with Crippen molar-refractivity contribution in [2.75, 3.05) is 0 Å². The van der Waals surface area contributed by atoms with Crippen LogP contribution in [0.1, 0.15) is 11.3 Å². The van der Waals surface area contributed by atoms with Crippen molar-refractivity contribution in [2.45, 2.75) is 0 Å². The highest BCUT2D eigenvalue weighted by Crippen LogP contribution is 2.20. The molecule has 122 valence electrons. The van der Waals surface area contributed by atoms with Crippen LogP contribution in [0.25, 0.3) is 23.5 Å². The molecule has 0 amide bonds. The zero-order chi connectivity index (χ0) is 17.2. The van der Waals surface area contributed by atoms with Crippen molar-refractivity contribution in [3.63, 3.8) is 0 Å². The van der Waals surface area contributed by atoms with Crippen molar-refractivity contribution in [3.05, 3.63) is 93.8 Å². The lowest BCUT2D eigenvalue weighted by Gasteiger charge is -2.08. The van der Waals surface area contributed by atoms with Crippen molar-refractivity contribution in [3.8, 4) is 5.69 Å². The zero-order valence-corrected chi connectivity index (χ0v) is 13.8. The van der Waals surface area contributed by atoms with Gasteiger partial charge in [-0.2, -0.15) is 4.52 Å². The molecule has 1 aromatic carbocycles. The predicted molar refractivity (Wildman–Crippen MR) is 99.0 cm³/mol. The molecule has 0 spiro atoms. The molecule has 3 heterocycles. The van der Waals surface area contributed by atoms with Crippen LogP contribution < -0.4 is 5.56 Å². The fourth-order valence-corrected chi connectivity index (χ4v) is 2.83. The van der Waals surface area contributed by atoms with Crippen molar-refractivity contribution >= 4 is 29.4 Å². The Bertz CT molecular complexity index is 1130. The van der Waals surface area contributed by atoms with Gasteiger partial charge in [-0.3, -0.25) is 14.5 Å². The maximum Gasteiger partial charge on any atom is 0.273 e. The van der Waals surface area contributed by atoms with Gasteiger partial charge in [0, 0.05) is 30.7 Å². The molecule has 3 aromatic heterocycles. The molecule has 0 unspecified atom stereocenters. The van der Waals surface area contributed by atoms with Gasteiger partial charge < -0.3 is 0 Å². The molecule has 0 saturated heterocycles. The zero-order valence-electron chi connectivity index (χ0n) is 13.1. The fraction of sp³-hybridized carbons (Fsp3) is 0. The minimum absolute atomic E-state index is 0.180. The number of aromatic nitrogens is 4. The van der Waals surface area contributed by atoms with E-state index in [1.165, 1.54) is 10.6 Å².